The van der Waals surface area contributed by atoms with Crippen LogP contribution in [0.3, 0.4) is 0 Å². The first-order chi connectivity index (χ1) is 10.3. The largest absolute Gasteiger partial charge is 0.497 e. The average Bonchev–Trinajstić information content (AvgIpc) is 2.55. The van der Waals surface area contributed by atoms with E-state index in [2.05, 4.69) is 23.3 Å². The minimum Gasteiger partial charge on any atom is -0.497 e. The zero-order valence-corrected chi connectivity index (χ0v) is 12.4. The quantitative estimate of drug-likeness (QED) is 0.937. The van der Waals surface area contributed by atoms with E-state index in [1.54, 1.807) is 7.11 Å². The Morgan fingerprint density at radius 3 is 3.00 bits per heavy atom. The summed E-state index contributed by atoms with van der Waals surface area (Å²) < 4.78 is 11.1. The first kappa shape index (κ1) is 13.9. The van der Waals surface area contributed by atoms with Crippen molar-refractivity contribution in [2.45, 2.75) is 25.4 Å². The number of pyridine rings is 1. The van der Waals surface area contributed by atoms with Crippen LogP contribution in [0.15, 0.2) is 42.6 Å². The van der Waals surface area contributed by atoms with Crippen LogP contribution >= 0.6 is 0 Å². The Kier molecular flexibility index (Phi) is 4.06. The molecular formula is C17H20N2O2. The number of fused-ring (bicyclic) bond motifs is 1. The molecule has 110 valence electrons. The minimum absolute atomic E-state index is 0.208. The van der Waals surface area contributed by atoms with Crippen molar-refractivity contribution in [1.29, 1.82) is 0 Å². The molecule has 1 N–H and O–H groups in total. The van der Waals surface area contributed by atoms with Gasteiger partial charge >= 0.3 is 0 Å². The summed E-state index contributed by atoms with van der Waals surface area (Å²) in [4.78, 5) is 4.39. The summed E-state index contributed by atoms with van der Waals surface area (Å²) >= 11 is 0. The Bertz CT molecular complexity index is 601. The maximum Gasteiger partial charge on any atom is 0.126 e. The van der Waals surface area contributed by atoms with Gasteiger partial charge in [0.25, 0.3) is 0 Å². The van der Waals surface area contributed by atoms with Gasteiger partial charge in [0.05, 0.1) is 12.8 Å². The van der Waals surface area contributed by atoms with E-state index in [1.807, 2.05) is 36.5 Å². The molecule has 2 aromatic rings. The van der Waals surface area contributed by atoms with Crippen LogP contribution in [0, 0.1) is 0 Å². The molecule has 0 radical (unpaired) electrons. The van der Waals surface area contributed by atoms with E-state index in [0.717, 1.165) is 23.6 Å². The third kappa shape index (κ3) is 3.16. The van der Waals surface area contributed by atoms with E-state index in [-0.39, 0.29) is 6.04 Å². The number of hydrogen-bond donors (Lipinski definition) is 1. The van der Waals surface area contributed by atoms with Gasteiger partial charge in [0, 0.05) is 24.3 Å². The Morgan fingerprint density at radius 1 is 1.33 bits per heavy atom. The van der Waals surface area contributed by atoms with Crippen molar-refractivity contribution in [1.82, 2.24) is 10.3 Å². The second kappa shape index (κ2) is 6.14. The fourth-order valence-electron chi connectivity index (χ4n) is 2.66. The second-order valence-electron chi connectivity index (χ2n) is 5.33. The minimum atomic E-state index is 0.208. The zero-order valence-electron chi connectivity index (χ0n) is 12.4. The van der Waals surface area contributed by atoms with Crippen molar-refractivity contribution >= 4 is 0 Å². The lowest BCUT2D eigenvalue weighted by Gasteiger charge is -2.28. The molecule has 0 aliphatic carbocycles. The van der Waals surface area contributed by atoms with Crippen molar-refractivity contribution in [2.24, 2.45) is 0 Å². The van der Waals surface area contributed by atoms with Gasteiger partial charge in [0.1, 0.15) is 18.1 Å². The number of hydrogen-bond acceptors (Lipinski definition) is 4. The molecule has 1 aromatic heterocycles. The topological polar surface area (TPSA) is 43.4 Å². The number of benzene rings is 1. The summed E-state index contributed by atoms with van der Waals surface area (Å²) in [5.41, 5.74) is 2.27. The van der Waals surface area contributed by atoms with Crippen LogP contribution in [0.1, 0.15) is 24.2 Å². The van der Waals surface area contributed by atoms with Crippen LogP contribution in [0.2, 0.25) is 0 Å². The SMILES string of the molecule is COc1ccc2c(c1)OC[C@H](N[C@H](C)c1ccccn1)C2. The number of rotatable bonds is 4. The van der Waals surface area contributed by atoms with E-state index >= 15 is 0 Å². The van der Waals surface area contributed by atoms with Crippen molar-refractivity contribution in [3.05, 3.63) is 53.9 Å². The van der Waals surface area contributed by atoms with Gasteiger partial charge in [0.2, 0.25) is 0 Å². The predicted octanol–water partition coefficient (Wildman–Crippen LogP) is 2.74. The standard InChI is InChI=1S/C17H20N2O2/c1-12(16-5-3-4-8-18-16)19-14-9-13-6-7-15(20-2)10-17(13)21-11-14/h3-8,10,12,14,19H,9,11H2,1-2H3/t12-,14-/m1/s1. The molecule has 0 bridgehead atoms. The molecule has 2 heterocycles. The van der Waals surface area contributed by atoms with Crippen molar-refractivity contribution in [3.63, 3.8) is 0 Å². The molecule has 0 fully saturated rings. The lowest BCUT2D eigenvalue weighted by molar-refractivity contribution is 0.228. The third-order valence-corrected chi connectivity index (χ3v) is 3.80. The monoisotopic (exact) mass is 284 g/mol. The Labute approximate surface area is 125 Å². The molecule has 0 spiro atoms. The van der Waals surface area contributed by atoms with Gasteiger partial charge in [-0.15, -0.1) is 0 Å². The van der Waals surface area contributed by atoms with Gasteiger partial charge in [-0.25, -0.2) is 0 Å². The molecule has 2 atom stereocenters. The van der Waals surface area contributed by atoms with E-state index in [0.29, 0.717) is 12.6 Å². The molecule has 1 aliphatic heterocycles. The Hall–Kier alpha value is -2.07. The molecule has 1 aliphatic rings. The first-order valence-corrected chi connectivity index (χ1v) is 7.23. The predicted molar refractivity (Wildman–Crippen MR) is 81.8 cm³/mol. The van der Waals surface area contributed by atoms with E-state index in [4.69, 9.17) is 9.47 Å². The molecule has 4 heteroatoms. The number of nitrogens with zero attached hydrogens (tertiary/aromatic N) is 1. The van der Waals surface area contributed by atoms with Crippen LogP contribution in [0.4, 0.5) is 0 Å². The van der Waals surface area contributed by atoms with Crippen molar-refractivity contribution in [3.8, 4) is 11.5 Å². The van der Waals surface area contributed by atoms with Gasteiger partial charge in [-0.3, -0.25) is 4.98 Å². The smallest absolute Gasteiger partial charge is 0.126 e. The Morgan fingerprint density at radius 2 is 2.24 bits per heavy atom. The van der Waals surface area contributed by atoms with E-state index < -0.39 is 0 Å². The summed E-state index contributed by atoms with van der Waals surface area (Å²) in [5.74, 6) is 1.76. The molecule has 0 unspecified atom stereocenters. The normalized spacial score (nSPS) is 18.5. The molecule has 0 saturated carbocycles. The lowest BCUT2D eigenvalue weighted by Crippen LogP contribution is -2.40. The second-order valence-corrected chi connectivity index (χ2v) is 5.33. The number of nitrogens with one attached hydrogen (secondary N) is 1. The summed E-state index contributed by atoms with van der Waals surface area (Å²) in [6.45, 7) is 2.79. The molecular weight excluding hydrogens is 264 g/mol. The fourth-order valence-corrected chi connectivity index (χ4v) is 2.66. The number of aromatic nitrogens is 1. The maximum atomic E-state index is 5.85. The lowest BCUT2D eigenvalue weighted by atomic mass is 10.0. The average molecular weight is 284 g/mol. The highest BCUT2D eigenvalue weighted by molar-refractivity contribution is 5.42. The van der Waals surface area contributed by atoms with Crippen LogP contribution < -0.4 is 14.8 Å². The Balaban J connectivity index is 1.66. The third-order valence-electron chi connectivity index (χ3n) is 3.80. The van der Waals surface area contributed by atoms with Gasteiger partial charge in [-0.05, 0) is 37.1 Å². The molecule has 4 nitrogen and oxygen atoms in total. The van der Waals surface area contributed by atoms with Gasteiger partial charge in [-0.1, -0.05) is 12.1 Å². The van der Waals surface area contributed by atoms with Gasteiger partial charge in [0.15, 0.2) is 0 Å². The highest BCUT2D eigenvalue weighted by Crippen LogP contribution is 2.29. The first-order valence-electron chi connectivity index (χ1n) is 7.23. The highest BCUT2D eigenvalue weighted by atomic mass is 16.5. The van der Waals surface area contributed by atoms with Crippen LogP contribution in [-0.4, -0.2) is 24.7 Å². The number of methoxy groups -OCH3 is 1. The highest BCUT2D eigenvalue weighted by Gasteiger charge is 2.22. The van der Waals surface area contributed by atoms with E-state index in [1.165, 1.54) is 5.56 Å². The van der Waals surface area contributed by atoms with Gasteiger partial charge < -0.3 is 14.8 Å². The summed E-state index contributed by atoms with van der Waals surface area (Å²) in [5, 5.41) is 3.59. The maximum absolute atomic E-state index is 5.85. The molecule has 1 aromatic carbocycles. The molecule has 21 heavy (non-hydrogen) atoms. The van der Waals surface area contributed by atoms with Crippen molar-refractivity contribution in [2.75, 3.05) is 13.7 Å². The number of ether oxygens (including phenoxy) is 2. The van der Waals surface area contributed by atoms with E-state index in [9.17, 15) is 0 Å². The zero-order chi connectivity index (χ0) is 14.7. The van der Waals surface area contributed by atoms with Crippen LogP contribution in [0.5, 0.6) is 11.5 Å². The molecule has 0 saturated heterocycles. The van der Waals surface area contributed by atoms with Crippen LogP contribution in [-0.2, 0) is 6.42 Å². The van der Waals surface area contributed by atoms with Gasteiger partial charge in [-0.2, -0.15) is 0 Å². The summed E-state index contributed by atoms with van der Waals surface area (Å²) in [6.07, 6.45) is 2.78. The summed E-state index contributed by atoms with van der Waals surface area (Å²) in [6, 6.07) is 12.5. The molecule has 0 amide bonds. The van der Waals surface area contributed by atoms with Crippen molar-refractivity contribution < 1.29 is 9.47 Å². The summed E-state index contributed by atoms with van der Waals surface area (Å²) in [7, 11) is 1.67. The molecule has 3 rings (SSSR count). The van der Waals surface area contributed by atoms with Crippen LogP contribution in [0.25, 0.3) is 0 Å². The fraction of sp³-hybridized carbons (Fsp3) is 0.353.